The molecule has 2 N–H and O–H groups in total. The highest BCUT2D eigenvalue weighted by molar-refractivity contribution is 7.26. The summed E-state index contributed by atoms with van der Waals surface area (Å²) in [7, 11) is 0. The van der Waals surface area contributed by atoms with Gasteiger partial charge in [-0.05, 0) is 65.2 Å². The van der Waals surface area contributed by atoms with Crippen LogP contribution in [0.4, 0.5) is 0 Å². The summed E-state index contributed by atoms with van der Waals surface area (Å²) in [6.07, 6.45) is -0.320. The largest absolute Gasteiger partial charge is 0.455 e. The van der Waals surface area contributed by atoms with Gasteiger partial charge in [0.25, 0.3) is 0 Å². The molecule has 51 heavy (non-hydrogen) atoms. The van der Waals surface area contributed by atoms with Crippen molar-refractivity contribution in [3.8, 4) is 11.1 Å². The molecule has 1 aliphatic heterocycles. The molecule has 2 unspecified atom stereocenters. The predicted octanol–water partition coefficient (Wildman–Crippen LogP) is 12.3. The van der Waals surface area contributed by atoms with Crippen molar-refractivity contribution >= 4 is 90.8 Å². The van der Waals surface area contributed by atoms with Gasteiger partial charge in [-0.25, -0.2) is 4.99 Å². The van der Waals surface area contributed by atoms with Crippen LogP contribution in [0.3, 0.4) is 0 Å². The van der Waals surface area contributed by atoms with Gasteiger partial charge in [-0.1, -0.05) is 103 Å². The summed E-state index contributed by atoms with van der Waals surface area (Å²) in [5, 5.41) is 14.9. The normalized spacial score (nSPS) is 16.4. The number of fused-ring (bicyclic) bond motifs is 9. The Morgan fingerprint density at radius 1 is 0.490 bits per heavy atom. The maximum Gasteiger partial charge on any atom is 0.143 e. The first-order valence-electron chi connectivity index (χ1n) is 17.2. The van der Waals surface area contributed by atoms with Gasteiger partial charge >= 0.3 is 0 Å². The molecule has 1 aliphatic rings. The standard InChI is InChI=1S/C45H29N3OS2/c1-2-9-26(10-3-1)43-46-44(48-45(47-43)29-17-20-33-32-12-5-7-16-38(32)51-41(33)25-29)28-19-22-40-36(24-28)35-23-27(18-21-39(35)50-40)30-13-8-14-34-31-11-4-6-15-37(31)49-42(30)34/h1-25,43,45,47H,(H,46,48). The fourth-order valence-corrected chi connectivity index (χ4v) is 9.89. The summed E-state index contributed by atoms with van der Waals surface area (Å²) in [6.45, 7) is 0. The molecule has 0 saturated heterocycles. The van der Waals surface area contributed by atoms with Gasteiger partial charge in [0.2, 0.25) is 0 Å². The fourth-order valence-electron chi connectivity index (χ4n) is 7.67. The van der Waals surface area contributed by atoms with Crippen LogP contribution in [-0.4, -0.2) is 5.84 Å². The van der Waals surface area contributed by atoms with Crippen LogP contribution in [0.25, 0.3) is 73.4 Å². The molecule has 0 aliphatic carbocycles. The van der Waals surface area contributed by atoms with Crippen molar-refractivity contribution < 1.29 is 4.42 Å². The Hall–Kier alpha value is -5.79. The maximum absolute atomic E-state index is 6.42. The summed E-state index contributed by atoms with van der Waals surface area (Å²) in [4.78, 5) is 5.34. The Balaban J connectivity index is 1.03. The first-order chi connectivity index (χ1) is 25.2. The predicted molar refractivity (Wildman–Crippen MR) is 216 cm³/mol. The molecule has 11 rings (SSSR count). The molecule has 6 heteroatoms. The number of furan rings is 1. The van der Waals surface area contributed by atoms with Gasteiger partial charge in [-0.2, -0.15) is 0 Å². The van der Waals surface area contributed by atoms with Crippen molar-refractivity contribution in [2.45, 2.75) is 12.3 Å². The van der Waals surface area contributed by atoms with Crippen LogP contribution in [0.15, 0.2) is 161 Å². The van der Waals surface area contributed by atoms with Crippen LogP contribution >= 0.6 is 22.7 Å². The second-order valence-electron chi connectivity index (χ2n) is 13.2. The van der Waals surface area contributed by atoms with Gasteiger partial charge in [0.1, 0.15) is 29.3 Å². The van der Waals surface area contributed by atoms with Crippen molar-refractivity contribution in [1.82, 2.24) is 10.6 Å². The second kappa shape index (κ2) is 11.4. The SMILES string of the molecule is c1ccc(C2NC(c3ccc4sc5ccc(-c6cccc7c6oc6ccccc67)cc5c4c3)=NC(c3ccc4c(c3)sc3ccccc34)N2)cc1. The van der Waals surface area contributed by atoms with Crippen molar-refractivity contribution in [2.24, 2.45) is 4.99 Å². The van der Waals surface area contributed by atoms with E-state index in [0.29, 0.717) is 0 Å². The number of amidine groups is 1. The van der Waals surface area contributed by atoms with Gasteiger partial charge in [-0.15, -0.1) is 22.7 Å². The molecular weight excluding hydrogens is 663 g/mol. The van der Waals surface area contributed by atoms with E-state index in [-0.39, 0.29) is 12.3 Å². The van der Waals surface area contributed by atoms with E-state index >= 15 is 0 Å². The number of benzene rings is 7. The van der Waals surface area contributed by atoms with Gasteiger partial charge in [0, 0.05) is 62.2 Å². The van der Waals surface area contributed by atoms with E-state index in [1.54, 1.807) is 0 Å². The number of hydrogen-bond acceptors (Lipinski definition) is 6. The van der Waals surface area contributed by atoms with Crippen LogP contribution in [0.5, 0.6) is 0 Å². The number of nitrogens with zero attached hydrogens (tertiary/aromatic N) is 1. The number of nitrogens with one attached hydrogen (secondary N) is 2. The van der Waals surface area contributed by atoms with Crippen LogP contribution < -0.4 is 10.6 Å². The summed E-state index contributed by atoms with van der Waals surface area (Å²) in [6, 6.07) is 54.3. The average Bonchev–Trinajstić information content (AvgIpc) is 3.88. The van der Waals surface area contributed by atoms with Gasteiger partial charge in [0.05, 0.1) is 0 Å². The van der Waals surface area contributed by atoms with E-state index < -0.39 is 0 Å². The molecule has 0 saturated carbocycles. The number of rotatable bonds is 4. The lowest BCUT2D eigenvalue weighted by molar-refractivity contribution is 0.409. The van der Waals surface area contributed by atoms with E-state index in [9.17, 15) is 0 Å². The number of aliphatic imine (C=N–C) groups is 1. The highest BCUT2D eigenvalue weighted by Gasteiger charge is 2.26. The molecule has 0 radical (unpaired) electrons. The lowest BCUT2D eigenvalue weighted by Crippen LogP contribution is -2.44. The third-order valence-electron chi connectivity index (χ3n) is 10.2. The Labute approximate surface area is 301 Å². The van der Waals surface area contributed by atoms with Crippen molar-refractivity contribution in [3.63, 3.8) is 0 Å². The fraction of sp³-hybridized carbons (Fsp3) is 0.0444. The molecule has 2 atom stereocenters. The van der Waals surface area contributed by atoms with E-state index in [2.05, 4.69) is 150 Å². The van der Waals surface area contributed by atoms with Crippen molar-refractivity contribution in [1.29, 1.82) is 0 Å². The van der Waals surface area contributed by atoms with Gasteiger partial charge < -0.3 is 9.73 Å². The maximum atomic E-state index is 6.42. The lowest BCUT2D eigenvalue weighted by atomic mass is 9.99. The van der Waals surface area contributed by atoms with Crippen molar-refractivity contribution in [3.05, 3.63) is 168 Å². The molecule has 10 aromatic rings. The summed E-state index contributed by atoms with van der Waals surface area (Å²) >= 11 is 3.67. The van der Waals surface area contributed by atoms with Crippen LogP contribution in [0.2, 0.25) is 0 Å². The zero-order valence-corrected chi connectivity index (χ0v) is 28.9. The average molecular weight is 692 g/mol. The molecular formula is C45H29N3OS2. The Bertz CT molecular complexity index is 3010. The Morgan fingerprint density at radius 2 is 1.18 bits per heavy atom. The first kappa shape index (κ1) is 29.0. The first-order valence-corrected chi connectivity index (χ1v) is 18.8. The van der Waals surface area contributed by atoms with Crippen LogP contribution in [-0.2, 0) is 0 Å². The summed E-state index contributed by atoms with van der Waals surface area (Å²) in [5.41, 5.74) is 7.49. The number of para-hydroxylation sites is 2. The van der Waals surface area contributed by atoms with E-state index in [1.807, 2.05) is 34.8 Å². The zero-order valence-electron chi connectivity index (χ0n) is 27.3. The summed E-state index contributed by atoms with van der Waals surface area (Å²) < 4.78 is 11.5. The minimum atomic E-state index is -0.216. The monoisotopic (exact) mass is 691 g/mol. The lowest BCUT2D eigenvalue weighted by Gasteiger charge is -2.32. The molecule has 4 heterocycles. The smallest absolute Gasteiger partial charge is 0.143 e. The third kappa shape index (κ3) is 4.72. The van der Waals surface area contributed by atoms with Crippen LogP contribution in [0, 0.1) is 0 Å². The number of hydrogen-bond donors (Lipinski definition) is 2. The molecule has 242 valence electrons. The highest BCUT2D eigenvalue weighted by atomic mass is 32.1. The quantitative estimate of drug-likeness (QED) is 0.193. The van der Waals surface area contributed by atoms with E-state index in [4.69, 9.17) is 9.41 Å². The van der Waals surface area contributed by atoms with Crippen LogP contribution in [0.1, 0.15) is 29.0 Å². The molecule has 4 nitrogen and oxygen atoms in total. The molecule has 0 fully saturated rings. The molecule has 0 bridgehead atoms. The third-order valence-corrected chi connectivity index (χ3v) is 12.5. The number of thiophene rings is 2. The van der Waals surface area contributed by atoms with Gasteiger partial charge in [-0.3, -0.25) is 5.32 Å². The van der Waals surface area contributed by atoms with Crippen molar-refractivity contribution in [2.75, 3.05) is 0 Å². The Morgan fingerprint density at radius 3 is 2.06 bits per heavy atom. The molecule has 0 amide bonds. The molecule has 3 aromatic heterocycles. The summed E-state index contributed by atoms with van der Waals surface area (Å²) in [5.74, 6) is 0.883. The molecule has 7 aromatic carbocycles. The van der Waals surface area contributed by atoms with E-state index in [0.717, 1.165) is 50.0 Å². The van der Waals surface area contributed by atoms with E-state index in [1.165, 1.54) is 45.9 Å². The minimum Gasteiger partial charge on any atom is -0.455 e. The zero-order chi connectivity index (χ0) is 33.5. The minimum absolute atomic E-state index is 0.104. The molecule has 0 spiro atoms. The van der Waals surface area contributed by atoms with Gasteiger partial charge in [0.15, 0.2) is 0 Å². The Kier molecular flexibility index (Phi) is 6.46. The topological polar surface area (TPSA) is 49.6 Å². The highest BCUT2D eigenvalue weighted by Crippen LogP contribution is 2.41. The second-order valence-corrected chi connectivity index (χ2v) is 15.4.